The molecular formula is C18H20N2OS. The third-order valence-corrected chi connectivity index (χ3v) is 4.96. The monoisotopic (exact) mass is 312 g/mol. The van der Waals surface area contributed by atoms with Crippen molar-refractivity contribution in [1.82, 2.24) is 10.3 Å². The molecule has 3 nitrogen and oxygen atoms in total. The quantitative estimate of drug-likeness (QED) is 0.747. The Morgan fingerprint density at radius 1 is 1.18 bits per heavy atom. The van der Waals surface area contributed by atoms with Gasteiger partial charge in [-0.3, -0.25) is 4.79 Å². The molecule has 0 fully saturated rings. The number of fused-ring (bicyclic) bond motifs is 1. The summed E-state index contributed by atoms with van der Waals surface area (Å²) in [6.07, 6.45) is 0.841. The molecule has 114 valence electrons. The Balaban J connectivity index is 1.78. The molecule has 0 aliphatic rings. The zero-order chi connectivity index (χ0) is 15.7. The summed E-state index contributed by atoms with van der Waals surface area (Å²) in [5.41, 5.74) is 6.26. The van der Waals surface area contributed by atoms with E-state index in [-0.39, 0.29) is 5.91 Å². The Morgan fingerprint density at radius 2 is 1.95 bits per heavy atom. The second-order valence-corrected chi connectivity index (χ2v) is 6.61. The summed E-state index contributed by atoms with van der Waals surface area (Å²) >= 11 is 1.47. The first-order valence-electron chi connectivity index (χ1n) is 7.47. The predicted molar refractivity (Wildman–Crippen MR) is 92.9 cm³/mol. The SMILES string of the molecule is Cc1[nH]c2c(C)ccc(C)c2c1CCNC(=O)c1cccs1. The maximum Gasteiger partial charge on any atom is 0.261 e. The topological polar surface area (TPSA) is 44.9 Å². The smallest absolute Gasteiger partial charge is 0.261 e. The largest absolute Gasteiger partial charge is 0.358 e. The van der Waals surface area contributed by atoms with Crippen LogP contribution < -0.4 is 5.32 Å². The first-order valence-corrected chi connectivity index (χ1v) is 8.35. The summed E-state index contributed by atoms with van der Waals surface area (Å²) in [7, 11) is 0. The lowest BCUT2D eigenvalue weighted by molar-refractivity contribution is 0.0958. The molecule has 0 unspecified atom stereocenters. The predicted octanol–water partition coefficient (Wildman–Crippen LogP) is 4.13. The molecule has 0 atom stereocenters. The van der Waals surface area contributed by atoms with Crippen LogP contribution in [0.5, 0.6) is 0 Å². The number of aromatic amines is 1. The number of rotatable bonds is 4. The van der Waals surface area contributed by atoms with Gasteiger partial charge in [-0.2, -0.15) is 0 Å². The first-order chi connectivity index (χ1) is 10.6. The molecule has 22 heavy (non-hydrogen) atoms. The van der Waals surface area contributed by atoms with Gasteiger partial charge in [0.1, 0.15) is 0 Å². The average molecular weight is 312 g/mol. The van der Waals surface area contributed by atoms with E-state index in [2.05, 4.69) is 43.2 Å². The van der Waals surface area contributed by atoms with Crippen molar-refractivity contribution < 1.29 is 4.79 Å². The fourth-order valence-corrected chi connectivity index (χ4v) is 3.56. The van der Waals surface area contributed by atoms with Crippen LogP contribution in [0.1, 0.15) is 32.1 Å². The third-order valence-electron chi connectivity index (χ3n) is 4.09. The van der Waals surface area contributed by atoms with Gasteiger partial charge in [0.25, 0.3) is 5.91 Å². The van der Waals surface area contributed by atoms with E-state index in [9.17, 15) is 4.79 Å². The van der Waals surface area contributed by atoms with Crippen molar-refractivity contribution in [3.05, 3.63) is 56.9 Å². The van der Waals surface area contributed by atoms with Gasteiger partial charge < -0.3 is 10.3 Å². The number of carbonyl (C=O) groups is 1. The lowest BCUT2D eigenvalue weighted by atomic mass is 10.0. The first kappa shape index (κ1) is 14.9. The van der Waals surface area contributed by atoms with E-state index in [0.717, 1.165) is 11.3 Å². The summed E-state index contributed by atoms with van der Waals surface area (Å²) in [4.78, 5) is 16.3. The molecule has 3 aromatic rings. The minimum Gasteiger partial charge on any atom is -0.358 e. The standard InChI is InChI=1S/C18H20N2OS/c1-11-6-7-12(2)17-16(11)14(13(3)20-17)8-9-19-18(21)15-5-4-10-22-15/h4-7,10,20H,8-9H2,1-3H3,(H,19,21). The molecule has 0 bridgehead atoms. The van der Waals surface area contributed by atoms with E-state index in [1.165, 1.54) is 44.6 Å². The van der Waals surface area contributed by atoms with E-state index in [0.29, 0.717) is 6.54 Å². The number of nitrogens with one attached hydrogen (secondary N) is 2. The Morgan fingerprint density at radius 3 is 2.68 bits per heavy atom. The molecule has 4 heteroatoms. The highest BCUT2D eigenvalue weighted by Gasteiger charge is 2.13. The van der Waals surface area contributed by atoms with Crippen molar-refractivity contribution in [3.63, 3.8) is 0 Å². The summed E-state index contributed by atoms with van der Waals surface area (Å²) in [5, 5.41) is 6.24. The van der Waals surface area contributed by atoms with Gasteiger partial charge in [0.05, 0.1) is 4.88 Å². The summed E-state index contributed by atoms with van der Waals surface area (Å²) in [5.74, 6) is 0.0143. The van der Waals surface area contributed by atoms with E-state index >= 15 is 0 Å². The van der Waals surface area contributed by atoms with Gasteiger partial charge in [-0.1, -0.05) is 18.2 Å². The normalized spacial score (nSPS) is 11.0. The molecule has 0 spiro atoms. The van der Waals surface area contributed by atoms with E-state index in [1.54, 1.807) is 0 Å². The van der Waals surface area contributed by atoms with Crippen LogP contribution >= 0.6 is 11.3 Å². The van der Waals surface area contributed by atoms with Crippen molar-refractivity contribution in [3.8, 4) is 0 Å². The van der Waals surface area contributed by atoms with Crippen molar-refractivity contribution in [1.29, 1.82) is 0 Å². The van der Waals surface area contributed by atoms with Crippen molar-refractivity contribution in [2.24, 2.45) is 0 Å². The van der Waals surface area contributed by atoms with Gasteiger partial charge in [-0.25, -0.2) is 0 Å². The van der Waals surface area contributed by atoms with E-state index < -0.39 is 0 Å². The van der Waals surface area contributed by atoms with Gasteiger partial charge in [-0.05, 0) is 55.3 Å². The molecular weight excluding hydrogens is 292 g/mol. The van der Waals surface area contributed by atoms with Crippen molar-refractivity contribution in [2.45, 2.75) is 27.2 Å². The van der Waals surface area contributed by atoms with Crippen LogP contribution in [0, 0.1) is 20.8 Å². The lowest BCUT2D eigenvalue weighted by Crippen LogP contribution is -2.24. The van der Waals surface area contributed by atoms with Gasteiger partial charge in [0.2, 0.25) is 0 Å². The van der Waals surface area contributed by atoms with Gasteiger partial charge in [0, 0.05) is 23.1 Å². The Labute approximate surface area is 134 Å². The number of aromatic nitrogens is 1. The lowest BCUT2D eigenvalue weighted by Gasteiger charge is -2.06. The van der Waals surface area contributed by atoms with Crippen LogP contribution in [0.15, 0.2) is 29.6 Å². The highest BCUT2D eigenvalue weighted by molar-refractivity contribution is 7.12. The van der Waals surface area contributed by atoms with Crippen molar-refractivity contribution in [2.75, 3.05) is 6.54 Å². The number of amides is 1. The Hall–Kier alpha value is -2.07. The van der Waals surface area contributed by atoms with Crippen LogP contribution in [0.25, 0.3) is 10.9 Å². The van der Waals surface area contributed by atoms with Gasteiger partial charge >= 0.3 is 0 Å². The number of hydrogen-bond acceptors (Lipinski definition) is 2. The Bertz CT molecular complexity index is 815. The molecule has 2 heterocycles. The molecule has 1 amide bonds. The summed E-state index contributed by atoms with van der Waals surface area (Å²) < 4.78 is 0. The zero-order valence-corrected chi connectivity index (χ0v) is 13.9. The molecule has 0 radical (unpaired) electrons. The number of aryl methyl sites for hydroxylation is 3. The fraction of sp³-hybridized carbons (Fsp3) is 0.278. The minimum absolute atomic E-state index is 0.0143. The Kier molecular flexibility index (Phi) is 4.03. The highest BCUT2D eigenvalue weighted by Crippen LogP contribution is 2.28. The number of thiophene rings is 1. The molecule has 2 N–H and O–H groups in total. The molecule has 0 saturated carbocycles. The molecule has 1 aromatic carbocycles. The van der Waals surface area contributed by atoms with Crippen LogP contribution in [-0.4, -0.2) is 17.4 Å². The zero-order valence-electron chi connectivity index (χ0n) is 13.1. The van der Waals surface area contributed by atoms with E-state index in [1.807, 2.05) is 17.5 Å². The number of benzene rings is 1. The molecule has 0 saturated heterocycles. The maximum absolute atomic E-state index is 12.0. The van der Waals surface area contributed by atoms with Gasteiger partial charge in [-0.15, -0.1) is 11.3 Å². The highest BCUT2D eigenvalue weighted by atomic mass is 32.1. The van der Waals surface area contributed by atoms with E-state index in [4.69, 9.17) is 0 Å². The van der Waals surface area contributed by atoms with Crippen LogP contribution in [0.2, 0.25) is 0 Å². The second-order valence-electron chi connectivity index (χ2n) is 5.66. The molecule has 0 aliphatic carbocycles. The summed E-state index contributed by atoms with van der Waals surface area (Å²) in [6.45, 7) is 7.02. The average Bonchev–Trinajstić information content (AvgIpc) is 3.12. The van der Waals surface area contributed by atoms with Crippen LogP contribution in [0.3, 0.4) is 0 Å². The summed E-state index contributed by atoms with van der Waals surface area (Å²) in [6, 6.07) is 8.06. The fourth-order valence-electron chi connectivity index (χ4n) is 2.92. The van der Waals surface area contributed by atoms with Crippen LogP contribution in [0.4, 0.5) is 0 Å². The second kappa shape index (κ2) is 5.97. The number of carbonyl (C=O) groups excluding carboxylic acids is 1. The third kappa shape index (κ3) is 2.66. The maximum atomic E-state index is 12.0. The number of H-pyrrole nitrogens is 1. The number of hydrogen-bond donors (Lipinski definition) is 2. The molecule has 3 rings (SSSR count). The van der Waals surface area contributed by atoms with Crippen LogP contribution in [-0.2, 0) is 6.42 Å². The minimum atomic E-state index is 0.0143. The molecule has 2 aromatic heterocycles. The van der Waals surface area contributed by atoms with Gasteiger partial charge in [0.15, 0.2) is 0 Å². The van der Waals surface area contributed by atoms with Crippen molar-refractivity contribution >= 4 is 28.1 Å². The molecule has 0 aliphatic heterocycles.